The van der Waals surface area contributed by atoms with Gasteiger partial charge in [0.15, 0.2) is 0 Å². The lowest BCUT2D eigenvalue weighted by Gasteiger charge is -2.38. The Hall–Kier alpha value is -1.21. The van der Waals surface area contributed by atoms with E-state index in [1.165, 1.54) is 55.6 Å². The van der Waals surface area contributed by atoms with E-state index >= 15 is 0 Å². The predicted molar refractivity (Wildman–Crippen MR) is 119 cm³/mol. The highest BCUT2D eigenvalue weighted by molar-refractivity contribution is 8.33. The second-order valence-electron chi connectivity index (χ2n) is 8.09. The number of hydrogen-bond acceptors (Lipinski definition) is 0. The van der Waals surface area contributed by atoms with Crippen molar-refractivity contribution in [3.05, 3.63) is 65.7 Å². The summed E-state index contributed by atoms with van der Waals surface area (Å²) in [5, 5.41) is 0. The summed E-state index contributed by atoms with van der Waals surface area (Å²) in [6.45, 7) is 4.77. The fraction of sp³-hybridized carbons (Fsp3) is 0.520. The summed E-state index contributed by atoms with van der Waals surface area (Å²) >= 11 is 0. The average Bonchev–Trinajstić information content (AvgIpc) is 2.73. The van der Waals surface area contributed by atoms with E-state index in [1.807, 2.05) is 0 Å². The smallest absolute Gasteiger partial charge is 0.0102 e. The average molecular weight is 369 g/mol. The van der Waals surface area contributed by atoms with Gasteiger partial charge in [0.25, 0.3) is 0 Å². The molecule has 1 atom stereocenters. The first-order chi connectivity index (χ1) is 12.7. The molecule has 1 aliphatic carbocycles. The molecule has 0 aliphatic heterocycles. The van der Waals surface area contributed by atoms with Crippen molar-refractivity contribution in [1.29, 1.82) is 0 Å². The molecule has 0 N–H and O–H groups in total. The van der Waals surface area contributed by atoms with Gasteiger partial charge in [0.1, 0.15) is 0 Å². The summed E-state index contributed by atoms with van der Waals surface area (Å²) in [5.41, 5.74) is 3.13. The molecule has 2 aromatic carbocycles. The lowest BCUT2D eigenvalue weighted by Crippen LogP contribution is -2.15. The first-order valence-electron chi connectivity index (χ1n) is 10.6. The van der Waals surface area contributed by atoms with Crippen LogP contribution in [0.15, 0.2) is 59.5 Å². The molecule has 1 unspecified atom stereocenters. The molecule has 0 amide bonds. The standard InChI is InChI=1S/C25H36S/c1-4-26(3,5-2)25-19-13-12-18-23(25)24(22-16-10-7-11-17-22)20-21-14-8-6-9-15-21/h7,10-13,16-19,21,24H,4-6,8-9,14-15,20H2,1-3H3. The van der Waals surface area contributed by atoms with Crippen LogP contribution in [0.25, 0.3) is 0 Å². The monoisotopic (exact) mass is 368 g/mol. The zero-order valence-electron chi connectivity index (χ0n) is 16.9. The van der Waals surface area contributed by atoms with Gasteiger partial charge in [-0.05, 0) is 52.2 Å². The maximum Gasteiger partial charge on any atom is 0.0102 e. The van der Waals surface area contributed by atoms with Crippen LogP contribution in [-0.2, 0) is 0 Å². The summed E-state index contributed by atoms with van der Waals surface area (Å²) < 4.78 is 0. The second-order valence-corrected chi connectivity index (χ2v) is 12.2. The summed E-state index contributed by atoms with van der Waals surface area (Å²) in [6.07, 6.45) is 11.0. The molecule has 0 saturated heterocycles. The molecule has 1 saturated carbocycles. The highest BCUT2D eigenvalue weighted by atomic mass is 32.3. The Morgan fingerprint density at radius 2 is 1.46 bits per heavy atom. The quantitative estimate of drug-likeness (QED) is 0.471. The van der Waals surface area contributed by atoms with Gasteiger partial charge in [0.05, 0.1) is 0 Å². The summed E-state index contributed by atoms with van der Waals surface area (Å²) in [7, 11) is -0.718. The van der Waals surface area contributed by atoms with E-state index < -0.39 is 10.0 Å². The molecule has 142 valence electrons. The minimum atomic E-state index is -0.718. The molecular formula is C25H36S. The Morgan fingerprint density at radius 1 is 0.846 bits per heavy atom. The fourth-order valence-electron chi connectivity index (χ4n) is 4.62. The van der Waals surface area contributed by atoms with Gasteiger partial charge >= 0.3 is 0 Å². The van der Waals surface area contributed by atoms with Gasteiger partial charge in [0.2, 0.25) is 0 Å². The zero-order chi connectivity index (χ0) is 18.4. The second kappa shape index (κ2) is 9.13. The highest BCUT2D eigenvalue weighted by Crippen LogP contribution is 2.55. The summed E-state index contributed by atoms with van der Waals surface area (Å²) in [5.74, 6) is 4.02. The third-order valence-corrected chi connectivity index (χ3v) is 10.6. The van der Waals surface area contributed by atoms with Crippen LogP contribution in [0.5, 0.6) is 0 Å². The normalized spacial score (nSPS) is 17.8. The van der Waals surface area contributed by atoms with Crippen molar-refractivity contribution in [2.75, 3.05) is 17.8 Å². The van der Waals surface area contributed by atoms with Crippen LogP contribution in [0.4, 0.5) is 0 Å². The number of benzene rings is 2. The lowest BCUT2D eigenvalue weighted by atomic mass is 9.78. The van der Waals surface area contributed by atoms with Crippen LogP contribution in [0.2, 0.25) is 0 Å². The molecular weight excluding hydrogens is 332 g/mol. The Morgan fingerprint density at radius 3 is 2.12 bits per heavy atom. The van der Waals surface area contributed by atoms with Crippen LogP contribution >= 0.6 is 10.0 Å². The zero-order valence-corrected chi connectivity index (χ0v) is 17.7. The van der Waals surface area contributed by atoms with Gasteiger partial charge in [-0.3, -0.25) is 0 Å². The Labute approximate surface area is 162 Å². The van der Waals surface area contributed by atoms with E-state index in [2.05, 4.69) is 74.7 Å². The molecule has 0 radical (unpaired) electrons. The SMILES string of the molecule is CCS(C)(CC)c1ccccc1C(CC1CCCCC1)c1ccccc1. The van der Waals surface area contributed by atoms with Gasteiger partial charge in [0, 0.05) is 5.92 Å². The first kappa shape index (κ1) is 19.5. The van der Waals surface area contributed by atoms with E-state index in [4.69, 9.17) is 0 Å². The third-order valence-electron chi connectivity index (χ3n) is 6.60. The van der Waals surface area contributed by atoms with E-state index in [1.54, 1.807) is 10.5 Å². The predicted octanol–water partition coefficient (Wildman–Crippen LogP) is 7.62. The Bertz CT molecular complexity index is 666. The van der Waals surface area contributed by atoms with Crippen LogP contribution in [-0.4, -0.2) is 17.8 Å². The Kier molecular flexibility index (Phi) is 6.86. The minimum absolute atomic E-state index is 0.556. The van der Waals surface area contributed by atoms with Gasteiger partial charge in [-0.1, -0.05) is 94.5 Å². The van der Waals surface area contributed by atoms with Crippen molar-refractivity contribution in [2.45, 2.75) is 63.2 Å². The van der Waals surface area contributed by atoms with E-state index in [9.17, 15) is 0 Å². The molecule has 0 aromatic heterocycles. The number of rotatable bonds is 7. The minimum Gasteiger partial charge on any atom is -0.218 e. The van der Waals surface area contributed by atoms with Crippen molar-refractivity contribution in [2.24, 2.45) is 5.92 Å². The third kappa shape index (κ3) is 4.36. The lowest BCUT2D eigenvalue weighted by molar-refractivity contribution is 0.327. The highest BCUT2D eigenvalue weighted by Gasteiger charge is 2.27. The van der Waals surface area contributed by atoms with Crippen molar-refractivity contribution in [3.63, 3.8) is 0 Å². The van der Waals surface area contributed by atoms with Gasteiger partial charge < -0.3 is 0 Å². The van der Waals surface area contributed by atoms with E-state index in [0.29, 0.717) is 5.92 Å². The van der Waals surface area contributed by atoms with Crippen LogP contribution in [0, 0.1) is 5.92 Å². The topological polar surface area (TPSA) is 0 Å². The van der Waals surface area contributed by atoms with Crippen LogP contribution in [0.3, 0.4) is 0 Å². The maximum atomic E-state index is 2.54. The molecule has 26 heavy (non-hydrogen) atoms. The van der Waals surface area contributed by atoms with Gasteiger partial charge in [-0.25, -0.2) is 10.0 Å². The van der Waals surface area contributed by atoms with Crippen LogP contribution in [0.1, 0.15) is 69.4 Å². The van der Waals surface area contributed by atoms with Crippen molar-refractivity contribution in [3.8, 4) is 0 Å². The molecule has 0 nitrogen and oxygen atoms in total. The number of hydrogen-bond donors (Lipinski definition) is 0. The van der Waals surface area contributed by atoms with Crippen molar-refractivity contribution < 1.29 is 0 Å². The fourth-order valence-corrected chi connectivity index (χ4v) is 6.83. The summed E-state index contributed by atoms with van der Waals surface area (Å²) in [6, 6.07) is 20.7. The Balaban J connectivity index is 2.02. The largest absolute Gasteiger partial charge is 0.218 e. The van der Waals surface area contributed by atoms with E-state index in [-0.39, 0.29) is 0 Å². The first-order valence-corrected chi connectivity index (χ1v) is 12.9. The molecule has 1 heteroatoms. The molecule has 3 rings (SSSR count). The maximum absolute atomic E-state index is 2.54. The summed E-state index contributed by atoms with van der Waals surface area (Å²) in [4.78, 5) is 1.66. The van der Waals surface area contributed by atoms with Gasteiger partial charge in [-0.15, -0.1) is 0 Å². The molecule has 0 bridgehead atoms. The molecule has 2 aromatic rings. The molecule has 0 heterocycles. The molecule has 1 aliphatic rings. The van der Waals surface area contributed by atoms with Crippen molar-refractivity contribution in [1.82, 2.24) is 0 Å². The molecule has 1 fully saturated rings. The molecule has 0 spiro atoms. The van der Waals surface area contributed by atoms with Crippen LogP contribution < -0.4 is 0 Å². The van der Waals surface area contributed by atoms with E-state index in [0.717, 1.165) is 5.92 Å². The van der Waals surface area contributed by atoms with Crippen molar-refractivity contribution >= 4 is 10.0 Å². The van der Waals surface area contributed by atoms with Gasteiger partial charge in [-0.2, -0.15) is 0 Å².